The number of hydrazone groups is 1. The minimum absolute atomic E-state index is 0.249. The van der Waals surface area contributed by atoms with Gasteiger partial charge in [-0.05, 0) is 37.3 Å². The number of hydrogen-bond acceptors (Lipinski definition) is 7. The summed E-state index contributed by atoms with van der Waals surface area (Å²) in [4.78, 5) is 24.2. The first kappa shape index (κ1) is 22.5. The highest BCUT2D eigenvalue weighted by molar-refractivity contribution is 5.97. The first-order chi connectivity index (χ1) is 14.5. The van der Waals surface area contributed by atoms with Crippen LogP contribution in [-0.4, -0.2) is 52.5 Å². The average molecular weight is 415 g/mol. The molecule has 2 aromatic rings. The van der Waals surface area contributed by atoms with E-state index < -0.39 is 11.8 Å². The van der Waals surface area contributed by atoms with Crippen molar-refractivity contribution in [1.29, 1.82) is 0 Å². The summed E-state index contributed by atoms with van der Waals surface area (Å²) in [5, 5.41) is 6.43. The molecule has 9 heteroatoms. The smallest absolute Gasteiger partial charge is 0.259 e. The maximum atomic E-state index is 12.2. The van der Waals surface area contributed by atoms with Gasteiger partial charge in [-0.2, -0.15) is 5.10 Å². The van der Waals surface area contributed by atoms with Crippen LogP contribution in [0.25, 0.3) is 0 Å². The molecule has 0 radical (unpaired) electrons. The van der Waals surface area contributed by atoms with Gasteiger partial charge in [-0.15, -0.1) is 0 Å². The maximum absolute atomic E-state index is 12.2. The van der Waals surface area contributed by atoms with Crippen LogP contribution in [0.2, 0.25) is 0 Å². The number of nitrogens with zero attached hydrogens (tertiary/aromatic N) is 1. The zero-order chi connectivity index (χ0) is 21.9. The highest BCUT2D eigenvalue weighted by atomic mass is 16.5. The molecule has 9 nitrogen and oxygen atoms in total. The van der Waals surface area contributed by atoms with Gasteiger partial charge in [0.15, 0.2) is 23.0 Å². The van der Waals surface area contributed by atoms with Crippen LogP contribution in [0.1, 0.15) is 22.8 Å². The molecule has 0 aliphatic carbocycles. The van der Waals surface area contributed by atoms with E-state index >= 15 is 0 Å². The maximum Gasteiger partial charge on any atom is 0.259 e. The van der Waals surface area contributed by atoms with Crippen molar-refractivity contribution in [2.75, 3.05) is 34.5 Å². The number of benzene rings is 2. The molecule has 0 unspecified atom stereocenters. The van der Waals surface area contributed by atoms with Crippen LogP contribution in [-0.2, 0) is 4.79 Å². The van der Waals surface area contributed by atoms with E-state index in [9.17, 15) is 9.59 Å². The van der Waals surface area contributed by atoms with Crippen molar-refractivity contribution in [1.82, 2.24) is 10.7 Å². The van der Waals surface area contributed by atoms with E-state index in [0.717, 1.165) is 0 Å². The van der Waals surface area contributed by atoms with Crippen molar-refractivity contribution in [3.8, 4) is 23.0 Å². The van der Waals surface area contributed by atoms with Crippen molar-refractivity contribution in [2.24, 2.45) is 5.10 Å². The van der Waals surface area contributed by atoms with Crippen LogP contribution in [0.15, 0.2) is 41.5 Å². The van der Waals surface area contributed by atoms with Crippen LogP contribution < -0.4 is 29.7 Å². The predicted octanol–water partition coefficient (Wildman–Crippen LogP) is 1.99. The number of rotatable bonds is 10. The number of ether oxygens (including phenoxy) is 4. The fourth-order valence-corrected chi connectivity index (χ4v) is 2.55. The van der Waals surface area contributed by atoms with Gasteiger partial charge in [0.2, 0.25) is 0 Å². The summed E-state index contributed by atoms with van der Waals surface area (Å²) in [6.07, 6.45) is 1.45. The Morgan fingerprint density at radius 3 is 2.40 bits per heavy atom. The number of hydrogen-bond donors (Lipinski definition) is 2. The number of para-hydroxylation sites is 1. The van der Waals surface area contributed by atoms with E-state index in [0.29, 0.717) is 40.7 Å². The zero-order valence-electron chi connectivity index (χ0n) is 17.4. The van der Waals surface area contributed by atoms with Crippen LogP contribution in [0.5, 0.6) is 23.0 Å². The number of nitrogens with one attached hydrogen (secondary N) is 2. The van der Waals surface area contributed by atoms with Crippen LogP contribution in [0.3, 0.4) is 0 Å². The Bertz CT molecular complexity index is 914. The molecule has 30 heavy (non-hydrogen) atoms. The molecule has 0 saturated carbocycles. The molecule has 2 amide bonds. The standard InChI is InChI=1S/C21H25N3O6/c1-5-30-20-15(7-6-8-17(20)28-3)12-23-24-19(25)13-22-21(26)14-9-10-16(27-2)18(11-14)29-4/h6-12H,5,13H2,1-4H3,(H,22,26)(H,24,25). The zero-order valence-corrected chi connectivity index (χ0v) is 17.4. The van der Waals surface area contributed by atoms with E-state index in [4.69, 9.17) is 18.9 Å². The van der Waals surface area contributed by atoms with Crippen molar-refractivity contribution < 1.29 is 28.5 Å². The lowest BCUT2D eigenvalue weighted by Gasteiger charge is -2.11. The lowest BCUT2D eigenvalue weighted by molar-refractivity contribution is -0.120. The van der Waals surface area contributed by atoms with Crippen molar-refractivity contribution >= 4 is 18.0 Å². The molecule has 0 aliphatic rings. The third-order valence-corrected chi connectivity index (χ3v) is 3.97. The summed E-state index contributed by atoms with van der Waals surface area (Å²) in [7, 11) is 4.53. The van der Waals surface area contributed by atoms with Gasteiger partial charge in [0.05, 0.1) is 40.7 Å². The van der Waals surface area contributed by atoms with Crippen LogP contribution >= 0.6 is 0 Å². The number of amides is 2. The summed E-state index contributed by atoms with van der Waals surface area (Å²) < 4.78 is 21.1. The normalized spacial score (nSPS) is 10.4. The summed E-state index contributed by atoms with van der Waals surface area (Å²) in [5.74, 6) is 1.10. The largest absolute Gasteiger partial charge is 0.493 e. The summed E-state index contributed by atoms with van der Waals surface area (Å²) in [5.41, 5.74) is 3.34. The number of carbonyl (C=O) groups is 2. The molecule has 0 fully saturated rings. The molecule has 0 bridgehead atoms. The molecule has 0 aliphatic heterocycles. The van der Waals surface area contributed by atoms with Gasteiger partial charge in [-0.3, -0.25) is 9.59 Å². The third-order valence-electron chi connectivity index (χ3n) is 3.97. The van der Waals surface area contributed by atoms with Crippen molar-refractivity contribution in [3.63, 3.8) is 0 Å². The van der Waals surface area contributed by atoms with E-state index in [2.05, 4.69) is 15.8 Å². The minimum atomic E-state index is -0.485. The van der Waals surface area contributed by atoms with Crippen molar-refractivity contribution in [3.05, 3.63) is 47.5 Å². The van der Waals surface area contributed by atoms with Gasteiger partial charge in [0.1, 0.15) is 0 Å². The van der Waals surface area contributed by atoms with Gasteiger partial charge >= 0.3 is 0 Å². The molecule has 0 saturated heterocycles. The first-order valence-electron chi connectivity index (χ1n) is 9.15. The second kappa shape index (κ2) is 11.3. The average Bonchev–Trinajstić information content (AvgIpc) is 2.77. The van der Waals surface area contributed by atoms with Crippen LogP contribution in [0, 0.1) is 0 Å². The predicted molar refractivity (Wildman–Crippen MR) is 112 cm³/mol. The lowest BCUT2D eigenvalue weighted by atomic mass is 10.2. The highest BCUT2D eigenvalue weighted by Crippen LogP contribution is 2.30. The van der Waals surface area contributed by atoms with Gasteiger partial charge in [0, 0.05) is 11.1 Å². The third kappa shape index (κ3) is 5.87. The Balaban J connectivity index is 1.93. The highest BCUT2D eigenvalue weighted by Gasteiger charge is 2.12. The van der Waals surface area contributed by atoms with Crippen molar-refractivity contribution in [2.45, 2.75) is 6.92 Å². The monoisotopic (exact) mass is 415 g/mol. The van der Waals surface area contributed by atoms with E-state index in [-0.39, 0.29) is 6.54 Å². The first-order valence-corrected chi connectivity index (χ1v) is 9.15. The van der Waals surface area contributed by atoms with Gasteiger partial charge in [0.25, 0.3) is 11.8 Å². The Labute approximate surface area is 175 Å². The fourth-order valence-electron chi connectivity index (χ4n) is 2.55. The van der Waals surface area contributed by atoms with E-state index in [1.807, 2.05) is 6.92 Å². The van der Waals surface area contributed by atoms with Gasteiger partial charge < -0.3 is 24.3 Å². The topological polar surface area (TPSA) is 107 Å². The SMILES string of the molecule is CCOc1c(C=NNC(=O)CNC(=O)c2ccc(OC)c(OC)c2)cccc1OC. The fraction of sp³-hybridized carbons (Fsp3) is 0.286. The molecule has 0 heterocycles. The molecular formula is C21H25N3O6. The van der Waals surface area contributed by atoms with Crippen LogP contribution in [0.4, 0.5) is 0 Å². The molecule has 0 aromatic heterocycles. The molecule has 2 N–H and O–H groups in total. The Hall–Kier alpha value is -3.75. The molecular weight excluding hydrogens is 390 g/mol. The molecule has 2 rings (SSSR count). The minimum Gasteiger partial charge on any atom is -0.493 e. The second-order valence-corrected chi connectivity index (χ2v) is 5.86. The Morgan fingerprint density at radius 2 is 1.73 bits per heavy atom. The summed E-state index contributed by atoms with van der Waals surface area (Å²) in [6.45, 7) is 2.06. The lowest BCUT2D eigenvalue weighted by Crippen LogP contribution is -2.34. The molecule has 160 valence electrons. The van der Waals surface area contributed by atoms with E-state index in [1.54, 1.807) is 37.4 Å². The Morgan fingerprint density at radius 1 is 1.00 bits per heavy atom. The van der Waals surface area contributed by atoms with Gasteiger partial charge in [-0.25, -0.2) is 5.43 Å². The number of carbonyl (C=O) groups excluding carboxylic acids is 2. The second-order valence-electron chi connectivity index (χ2n) is 5.86. The molecule has 2 aromatic carbocycles. The molecule has 0 spiro atoms. The number of methoxy groups -OCH3 is 3. The van der Waals surface area contributed by atoms with Gasteiger partial charge in [-0.1, -0.05) is 6.07 Å². The Kier molecular flexibility index (Phi) is 8.49. The quantitative estimate of drug-likeness (QED) is 0.454. The summed E-state index contributed by atoms with van der Waals surface area (Å²) in [6, 6.07) is 10.1. The molecule has 0 atom stereocenters. The van der Waals surface area contributed by atoms with E-state index in [1.165, 1.54) is 26.5 Å². The summed E-state index contributed by atoms with van der Waals surface area (Å²) >= 11 is 0.